The number of hydrogen-bond acceptors (Lipinski definition) is 6. The molecular weight excluding hydrogens is 320 g/mol. The van der Waals surface area contributed by atoms with Gasteiger partial charge in [0.1, 0.15) is 5.76 Å². The summed E-state index contributed by atoms with van der Waals surface area (Å²) < 4.78 is 29.9. The lowest BCUT2D eigenvalue weighted by molar-refractivity contribution is -0.132. The summed E-state index contributed by atoms with van der Waals surface area (Å²) in [5, 5.41) is 3.73. The van der Waals surface area contributed by atoms with Gasteiger partial charge >= 0.3 is 0 Å². The number of nitrogens with zero attached hydrogens (tertiary/aromatic N) is 4. The molecule has 9 heteroatoms. The van der Waals surface area contributed by atoms with Gasteiger partial charge in [0.25, 0.3) is 0 Å². The van der Waals surface area contributed by atoms with Crippen molar-refractivity contribution in [2.75, 3.05) is 49.8 Å². The topological polar surface area (TPSA) is 87.0 Å². The summed E-state index contributed by atoms with van der Waals surface area (Å²) in [6.07, 6.45) is 1.23. The van der Waals surface area contributed by atoms with Gasteiger partial charge in [-0.15, -0.1) is 0 Å². The Labute approximate surface area is 137 Å². The zero-order valence-corrected chi connectivity index (χ0v) is 14.7. The molecule has 0 aliphatic carbocycles. The summed E-state index contributed by atoms with van der Waals surface area (Å²) in [4.78, 5) is 16.4. The highest BCUT2D eigenvalue weighted by Gasteiger charge is 2.24. The van der Waals surface area contributed by atoms with E-state index < -0.39 is 10.0 Å². The maximum atomic E-state index is 12.3. The number of carbonyl (C=O) groups is 1. The first-order chi connectivity index (χ1) is 10.8. The second kappa shape index (κ2) is 7.31. The SMILES string of the molecule is CCN1CCN(C(=O)CCN(c2cc(C)on2)S(C)(=O)=O)CC1. The van der Waals surface area contributed by atoms with Gasteiger partial charge in [-0.1, -0.05) is 12.1 Å². The van der Waals surface area contributed by atoms with E-state index in [0.29, 0.717) is 18.8 Å². The number of aromatic nitrogens is 1. The molecule has 23 heavy (non-hydrogen) atoms. The number of aryl methyl sites for hydroxylation is 1. The molecule has 0 aromatic carbocycles. The number of piperazine rings is 1. The van der Waals surface area contributed by atoms with Crippen LogP contribution in [0.15, 0.2) is 10.6 Å². The highest BCUT2D eigenvalue weighted by Crippen LogP contribution is 2.17. The fourth-order valence-electron chi connectivity index (χ4n) is 2.59. The van der Waals surface area contributed by atoms with Crippen LogP contribution >= 0.6 is 0 Å². The van der Waals surface area contributed by atoms with E-state index in [-0.39, 0.29) is 24.7 Å². The minimum atomic E-state index is -3.51. The van der Waals surface area contributed by atoms with Crippen LogP contribution in [0, 0.1) is 6.92 Å². The van der Waals surface area contributed by atoms with Gasteiger partial charge in [0.15, 0.2) is 5.82 Å². The Morgan fingerprint density at radius 3 is 2.48 bits per heavy atom. The monoisotopic (exact) mass is 344 g/mol. The Bertz CT molecular complexity index is 635. The Kier molecular flexibility index (Phi) is 5.64. The lowest BCUT2D eigenvalue weighted by atomic mass is 10.2. The average molecular weight is 344 g/mol. The number of hydrogen-bond donors (Lipinski definition) is 0. The van der Waals surface area contributed by atoms with Crippen molar-refractivity contribution in [2.45, 2.75) is 20.3 Å². The van der Waals surface area contributed by atoms with Crippen molar-refractivity contribution in [1.82, 2.24) is 15.0 Å². The molecule has 1 fully saturated rings. The standard InChI is InChI=1S/C14H24N4O4S/c1-4-16-7-9-17(10-8-16)14(19)5-6-18(23(3,20)21)13-11-12(2)22-15-13/h11H,4-10H2,1-3H3. The maximum Gasteiger partial charge on any atom is 0.233 e. The molecule has 2 heterocycles. The van der Waals surface area contributed by atoms with Crippen LogP contribution in [-0.2, 0) is 14.8 Å². The zero-order valence-electron chi connectivity index (χ0n) is 13.9. The van der Waals surface area contributed by atoms with Crippen molar-refractivity contribution in [3.63, 3.8) is 0 Å². The van der Waals surface area contributed by atoms with E-state index in [2.05, 4.69) is 17.0 Å². The summed E-state index contributed by atoms with van der Waals surface area (Å²) in [7, 11) is -3.51. The predicted octanol–water partition coefficient (Wildman–Crippen LogP) is 0.303. The number of rotatable bonds is 6. The van der Waals surface area contributed by atoms with Crippen LogP contribution in [0.2, 0.25) is 0 Å². The van der Waals surface area contributed by atoms with Gasteiger partial charge < -0.3 is 14.3 Å². The van der Waals surface area contributed by atoms with Gasteiger partial charge in [0.2, 0.25) is 15.9 Å². The van der Waals surface area contributed by atoms with E-state index in [0.717, 1.165) is 30.2 Å². The minimum Gasteiger partial charge on any atom is -0.360 e. The second-order valence-corrected chi connectivity index (χ2v) is 7.60. The third-order valence-corrected chi connectivity index (χ3v) is 5.14. The van der Waals surface area contributed by atoms with Crippen LogP contribution in [0.3, 0.4) is 0 Å². The number of carbonyl (C=O) groups excluding carboxylic acids is 1. The van der Waals surface area contributed by atoms with Gasteiger partial charge in [-0.3, -0.25) is 9.10 Å². The van der Waals surface area contributed by atoms with Gasteiger partial charge in [0.05, 0.1) is 6.26 Å². The molecule has 2 rings (SSSR count). The first-order valence-corrected chi connectivity index (χ1v) is 9.57. The Balaban J connectivity index is 1.95. The smallest absolute Gasteiger partial charge is 0.233 e. The molecule has 1 aromatic heterocycles. The molecule has 1 saturated heterocycles. The van der Waals surface area contributed by atoms with Crippen molar-refractivity contribution in [3.05, 3.63) is 11.8 Å². The number of amides is 1. The summed E-state index contributed by atoms with van der Waals surface area (Å²) in [5.41, 5.74) is 0. The Morgan fingerprint density at radius 1 is 1.35 bits per heavy atom. The van der Waals surface area contributed by atoms with Gasteiger partial charge in [-0.05, 0) is 13.5 Å². The van der Waals surface area contributed by atoms with Crippen LogP contribution in [0.25, 0.3) is 0 Å². The van der Waals surface area contributed by atoms with Crippen molar-refractivity contribution >= 4 is 21.7 Å². The normalized spacial score (nSPS) is 16.6. The van der Waals surface area contributed by atoms with Crippen molar-refractivity contribution in [2.24, 2.45) is 0 Å². The van der Waals surface area contributed by atoms with E-state index in [4.69, 9.17) is 4.52 Å². The highest BCUT2D eigenvalue weighted by molar-refractivity contribution is 7.92. The fraction of sp³-hybridized carbons (Fsp3) is 0.714. The van der Waals surface area contributed by atoms with Crippen molar-refractivity contribution < 1.29 is 17.7 Å². The molecule has 1 aliphatic rings. The third kappa shape index (κ3) is 4.68. The summed E-state index contributed by atoms with van der Waals surface area (Å²) >= 11 is 0. The maximum absolute atomic E-state index is 12.3. The van der Waals surface area contributed by atoms with Crippen LogP contribution in [0.1, 0.15) is 19.1 Å². The Hall–Kier alpha value is -1.61. The van der Waals surface area contributed by atoms with Crippen molar-refractivity contribution in [3.8, 4) is 0 Å². The Morgan fingerprint density at radius 2 is 2.00 bits per heavy atom. The molecule has 0 unspecified atom stereocenters. The van der Waals surface area contributed by atoms with Crippen LogP contribution in [-0.4, -0.2) is 74.8 Å². The summed E-state index contributed by atoms with van der Waals surface area (Å²) in [6, 6.07) is 1.55. The first kappa shape index (κ1) is 17.7. The van der Waals surface area contributed by atoms with E-state index in [1.807, 2.05) is 0 Å². The predicted molar refractivity (Wildman–Crippen MR) is 86.7 cm³/mol. The van der Waals surface area contributed by atoms with E-state index in [9.17, 15) is 13.2 Å². The van der Waals surface area contributed by atoms with E-state index in [1.165, 1.54) is 0 Å². The average Bonchev–Trinajstić information content (AvgIpc) is 2.92. The largest absolute Gasteiger partial charge is 0.360 e. The van der Waals surface area contributed by atoms with Crippen LogP contribution < -0.4 is 4.31 Å². The van der Waals surface area contributed by atoms with Gasteiger partial charge in [0, 0.05) is 45.2 Å². The molecule has 1 aromatic rings. The number of sulfonamides is 1. The molecule has 8 nitrogen and oxygen atoms in total. The number of anilines is 1. The zero-order chi connectivity index (χ0) is 17.0. The molecule has 0 radical (unpaired) electrons. The minimum absolute atomic E-state index is 0.0328. The van der Waals surface area contributed by atoms with Gasteiger partial charge in [-0.25, -0.2) is 8.42 Å². The second-order valence-electron chi connectivity index (χ2n) is 5.70. The highest BCUT2D eigenvalue weighted by atomic mass is 32.2. The fourth-order valence-corrected chi connectivity index (χ4v) is 3.44. The molecule has 0 spiro atoms. The molecule has 130 valence electrons. The van der Waals surface area contributed by atoms with E-state index in [1.54, 1.807) is 17.9 Å². The molecule has 1 aliphatic heterocycles. The molecule has 0 atom stereocenters. The lowest BCUT2D eigenvalue weighted by Crippen LogP contribution is -2.49. The van der Waals surface area contributed by atoms with Gasteiger partial charge in [-0.2, -0.15) is 0 Å². The lowest BCUT2D eigenvalue weighted by Gasteiger charge is -2.34. The van der Waals surface area contributed by atoms with Crippen LogP contribution in [0.5, 0.6) is 0 Å². The van der Waals surface area contributed by atoms with Crippen LogP contribution in [0.4, 0.5) is 5.82 Å². The molecule has 0 N–H and O–H groups in total. The quantitative estimate of drug-likeness (QED) is 0.738. The molecule has 1 amide bonds. The molecule has 0 saturated carbocycles. The van der Waals surface area contributed by atoms with Crippen molar-refractivity contribution in [1.29, 1.82) is 0 Å². The first-order valence-electron chi connectivity index (χ1n) is 7.72. The number of likely N-dealkylation sites (N-methyl/N-ethyl adjacent to an activating group) is 1. The third-order valence-electron chi connectivity index (χ3n) is 3.97. The summed E-state index contributed by atoms with van der Waals surface area (Å²) in [6.45, 7) is 7.94. The summed E-state index contributed by atoms with van der Waals surface area (Å²) in [5.74, 6) is 0.707. The molecular formula is C14H24N4O4S. The van der Waals surface area contributed by atoms with E-state index >= 15 is 0 Å². The molecule has 0 bridgehead atoms.